The molecule has 0 aromatic carbocycles. The largest absolute Gasteiger partial charge is 0.480 e. The molecule has 0 aromatic heterocycles. The quantitative estimate of drug-likeness (QED) is 0.602. The van der Waals surface area contributed by atoms with Gasteiger partial charge < -0.3 is 15.7 Å². The van der Waals surface area contributed by atoms with Crippen LogP contribution in [-0.4, -0.2) is 53.2 Å². The van der Waals surface area contributed by atoms with E-state index in [4.69, 9.17) is 5.11 Å². The Balaban J connectivity index is 4.12. The van der Waals surface area contributed by atoms with Gasteiger partial charge in [0.05, 0.1) is 0 Å². The van der Waals surface area contributed by atoms with Crippen LogP contribution in [0.15, 0.2) is 0 Å². The first kappa shape index (κ1) is 18.7. The Hall–Kier alpha value is -1.30. The smallest absolute Gasteiger partial charge is 0.326 e. The second-order valence-electron chi connectivity index (χ2n) is 5.51. The summed E-state index contributed by atoms with van der Waals surface area (Å²) < 4.78 is 0. The minimum atomic E-state index is -0.993. The third-order valence-corrected chi connectivity index (χ3v) is 3.16. The predicted octanol–water partition coefficient (Wildman–Crippen LogP) is 1.66. The fourth-order valence-corrected chi connectivity index (χ4v) is 2.17. The minimum Gasteiger partial charge on any atom is -0.480 e. The number of carboxylic acids is 1. The van der Waals surface area contributed by atoms with Crippen molar-refractivity contribution < 1.29 is 14.7 Å². The summed E-state index contributed by atoms with van der Waals surface area (Å²) in [6.07, 6.45) is 1.15. The molecule has 6 nitrogen and oxygen atoms in total. The molecule has 0 aliphatic heterocycles. The van der Waals surface area contributed by atoms with E-state index in [2.05, 4.69) is 43.2 Å². The SMILES string of the molecule is CCC[C@@H](NC(=O)NCCN(C(C)C)C(C)C)C(=O)O. The summed E-state index contributed by atoms with van der Waals surface area (Å²) in [6, 6.07) is -0.414. The fourth-order valence-electron chi connectivity index (χ4n) is 2.17. The van der Waals surface area contributed by atoms with Gasteiger partial charge in [0, 0.05) is 25.2 Å². The first-order valence-electron chi connectivity index (χ1n) is 7.32. The molecule has 1 atom stereocenters. The zero-order valence-corrected chi connectivity index (χ0v) is 13.3. The topological polar surface area (TPSA) is 81.7 Å². The minimum absolute atomic E-state index is 0.409. The Labute approximate surface area is 121 Å². The van der Waals surface area contributed by atoms with E-state index in [9.17, 15) is 9.59 Å². The molecule has 0 bridgehead atoms. The van der Waals surface area contributed by atoms with E-state index < -0.39 is 18.0 Å². The highest BCUT2D eigenvalue weighted by Crippen LogP contribution is 2.03. The monoisotopic (exact) mass is 287 g/mol. The number of hydrogen-bond acceptors (Lipinski definition) is 3. The van der Waals surface area contributed by atoms with Gasteiger partial charge in [0.25, 0.3) is 0 Å². The third kappa shape index (κ3) is 7.33. The number of hydrogen-bond donors (Lipinski definition) is 3. The summed E-state index contributed by atoms with van der Waals surface area (Å²) in [4.78, 5) is 24.8. The average molecular weight is 287 g/mol. The molecule has 0 aromatic rings. The Morgan fingerprint density at radius 1 is 1.15 bits per heavy atom. The molecule has 0 radical (unpaired) electrons. The van der Waals surface area contributed by atoms with Gasteiger partial charge in [-0.3, -0.25) is 4.90 Å². The predicted molar refractivity (Wildman–Crippen MR) is 79.8 cm³/mol. The summed E-state index contributed by atoms with van der Waals surface area (Å²) >= 11 is 0. The number of carbonyl (C=O) groups excluding carboxylic acids is 1. The molecule has 0 unspecified atom stereocenters. The van der Waals surface area contributed by atoms with Gasteiger partial charge in [-0.25, -0.2) is 9.59 Å². The molecule has 20 heavy (non-hydrogen) atoms. The lowest BCUT2D eigenvalue weighted by Gasteiger charge is -2.30. The molecule has 2 amide bonds. The van der Waals surface area contributed by atoms with Crippen molar-refractivity contribution in [2.24, 2.45) is 0 Å². The molecular weight excluding hydrogens is 258 g/mol. The number of carboxylic acid groups (broad SMARTS) is 1. The van der Waals surface area contributed by atoms with Crippen LogP contribution in [0, 0.1) is 0 Å². The van der Waals surface area contributed by atoms with Gasteiger partial charge in [-0.2, -0.15) is 0 Å². The molecule has 0 heterocycles. The molecular formula is C14H29N3O3. The molecule has 0 saturated heterocycles. The maximum atomic E-state index is 11.6. The summed E-state index contributed by atoms with van der Waals surface area (Å²) in [5.41, 5.74) is 0. The second kappa shape index (κ2) is 9.58. The van der Waals surface area contributed by atoms with Crippen molar-refractivity contribution in [1.29, 1.82) is 0 Å². The maximum Gasteiger partial charge on any atom is 0.326 e. The van der Waals surface area contributed by atoms with Gasteiger partial charge in [0.15, 0.2) is 0 Å². The van der Waals surface area contributed by atoms with Crippen LogP contribution in [-0.2, 0) is 4.79 Å². The highest BCUT2D eigenvalue weighted by atomic mass is 16.4. The number of urea groups is 1. The maximum absolute atomic E-state index is 11.6. The highest BCUT2D eigenvalue weighted by Gasteiger charge is 2.19. The lowest BCUT2D eigenvalue weighted by molar-refractivity contribution is -0.139. The Kier molecular flexibility index (Phi) is 8.96. The zero-order valence-electron chi connectivity index (χ0n) is 13.3. The fraction of sp³-hybridized carbons (Fsp3) is 0.857. The Bertz CT molecular complexity index is 298. The summed E-state index contributed by atoms with van der Waals surface area (Å²) in [7, 11) is 0. The summed E-state index contributed by atoms with van der Waals surface area (Å²) in [5.74, 6) is -0.993. The summed E-state index contributed by atoms with van der Waals surface area (Å²) in [6.45, 7) is 11.6. The number of carbonyl (C=O) groups is 2. The van der Waals surface area contributed by atoms with Crippen LogP contribution in [0.4, 0.5) is 4.79 Å². The van der Waals surface area contributed by atoms with Gasteiger partial charge in [-0.15, -0.1) is 0 Å². The van der Waals surface area contributed by atoms with Crippen molar-refractivity contribution >= 4 is 12.0 Å². The van der Waals surface area contributed by atoms with Crippen molar-refractivity contribution in [1.82, 2.24) is 15.5 Å². The number of aliphatic carboxylic acids is 1. The van der Waals surface area contributed by atoms with E-state index >= 15 is 0 Å². The van der Waals surface area contributed by atoms with Crippen LogP contribution < -0.4 is 10.6 Å². The van der Waals surface area contributed by atoms with Crippen molar-refractivity contribution in [3.05, 3.63) is 0 Å². The molecule has 0 saturated carbocycles. The lowest BCUT2D eigenvalue weighted by Crippen LogP contribution is -2.48. The van der Waals surface area contributed by atoms with Gasteiger partial charge >= 0.3 is 12.0 Å². The van der Waals surface area contributed by atoms with E-state index in [1.807, 2.05) is 6.92 Å². The number of rotatable bonds is 9. The van der Waals surface area contributed by atoms with Crippen LogP contribution in [0.1, 0.15) is 47.5 Å². The van der Waals surface area contributed by atoms with E-state index in [-0.39, 0.29) is 0 Å². The Morgan fingerprint density at radius 3 is 2.10 bits per heavy atom. The van der Waals surface area contributed by atoms with Crippen molar-refractivity contribution in [3.63, 3.8) is 0 Å². The molecule has 6 heteroatoms. The molecule has 0 aliphatic carbocycles. The van der Waals surface area contributed by atoms with Gasteiger partial charge in [-0.1, -0.05) is 13.3 Å². The van der Waals surface area contributed by atoms with Crippen molar-refractivity contribution in [2.75, 3.05) is 13.1 Å². The third-order valence-electron chi connectivity index (χ3n) is 3.16. The number of amides is 2. The lowest BCUT2D eigenvalue weighted by atomic mass is 10.2. The Morgan fingerprint density at radius 2 is 1.70 bits per heavy atom. The number of nitrogens with one attached hydrogen (secondary N) is 2. The van der Waals surface area contributed by atoms with Crippen LogP contribution in [0.2, 0.25) is 0 Å². The van der Waals surface area contributed by atoms with Crippen LogP contribution in [0.5, 0.6) is 0 Å². The molecule has 0 aliphatic rings. The number of nitrogens with zero attached hydrogens (tertiary/aromatic N) is 1. The highest BCUT2D eigenvalue weighted by molar-refractivity contribution is 5.82. The van der Waals surface area contributed by atoms with Crippen LogP contribution >= 0.6 is 0 Å². The van der Waals surface area contributed by atoms with Crippen LogP contribution in [0.25, 0.3) is 0 Å². The zero-order chi connectivity index (χ0) is 15.7. The van der Waals surface area contributed by atoms with Gasteiger partial charge in [0.2, 0.25) is 0 Å². The standard InChI is InChI=1S/C14H29N3O3/c1-6-7-12(13(18)19)16-14(20)15-8-9-17(10(2)3)11(4)5/h10-12H,6-9H2,1-5H3,(H,18,19)(H2,15,16,20)/t12-/m1/s1. The van der Waals surface area contributed by atoms with Gasteiger partial charge in [-0.05, 0) is 34.1 Å². The molecule has 118 valence electrons. The molecule has 3 N–H and O–H groups in total. The first-order chi connectivity index (χ1) is 9.29. The van der Waals surface area contributed by atoms with Crippen LogP contribution in [0.3, 0.4) is 0 Å². The van der Waals surface area contributed by atoms with E-state index in [0.29, 0.717) is 31.5 Å². The second-order valence-corrected chi connectivity index (χ2v) is 5.51. The normalized spacial score (nSPS) is 12.8. The van der Waals surface area contributed by atoms with Crippen molar-refractivity contribution in [3.8, 4) is 0 Å². The van der Waals surface area contributed by atoms with E-state index in [0.717, 1.165) is 6.54 Å². The first-order valence-corrected chi connectivity index (χ1v) is 7.32. The molecule has 0 spiro atoms. The van der Waals surface area contributed by atoms with E-state index in [1.54, 1.807) is 0 Å². The molecule has 0 rings (SSSR count). The summed E-state index contributed by atoms with van der Waals surface area (Å²) in [5, 5.41) is 14.2. The van der Waals surface area contributed by atoms with Crippen molar-refractivity contribution in [2.45, 2.75) is 65.6 Å². The van der Waals surface area contributed by atoms with Gasteiger partial charge in [0.1, 0.15) is 6.04 Å². The van der Waals surface area contributed by atoms with E-state index in [1.165, 1.54) is 0 Å². The average Bonchev–Trinajstić information content (AvgIpc) is 2.32. The molecule has 0 fully saturated rings.